The van der Waals surface area contributed by atoms with Crippen molar-refractivity contribution < 1.29 is 13.9 Å². The number of halogens is 2. The molecule has 2 nitrogen and oxygen atoms in total. The molecule has 0 unspecified atom stereocenters. The third-order valence-corrected chi connectivity index (χ3v) is 2.63. The fourth-order valence-electron chi connectivity index (χ4n) is 0.992. The van der Waals surface area contributed by atoms with Crippen LogP contribution in [0.5, 0.6) is 0 Å². The summed E-state index contributed by atoms with van der Waals surface area (Å²) in [6.07, 6.45) is 0.745. The van der Waals surface area contributed by atoms with Crippen molar-refractivity contribution in [2.75, 3.05) is 6.61 Å². The van der Waals surface area contributed by atoms with E-state index < -0.39 is 11.8 Å². The maximum Gasteiger partial charge on any atom is 0.338 e. The smallest absolute Gasteiger partial charge is 0.338 e. The molecule has 0 aromatic heterocycles. The maximum absolute atomic E-state index is 13.0. The Bertz CT molecular complexity index is 337. The topological polar surface area (TPSA) is 26.3 Å². The van der Waals surface area contributed by atoms with Crippen LogP contribution >= 0.6 is 22.6 Å². The van der Waals surface area contributed by atoms with Crippen LogP contribution in [-0.4, -0.2) is 22.8 Å². The third-order valence-electron chi connectivity index (χ3n) is 1.65. The van der Waals surface area contributed by atoms with Crippen molar-refractivity contribution in [1.82, 2.24) is 0 Å². The Morgan fingerprint density at radius 1 is 1.47 bits per heavy atom. The zero-order chi connectivity index (χ0) is 11.3. The Morgan fingerprint density at radius 2 is 2.20 bits per heavy atom. The van der Waals surface area contributed by atoms with Gasteiger partial charge in [0.1, 0.15) is 5.82 Å². The van der Waals surface area contributed by atoms with Gasteiger partial charge in [0.2, 0.25) is 0 Å². The van der Waals surface area contributed by atoms with Gasteiger partial charge in [-0.2, -0.15) is 0 Å². The second-order valence-corrected chi connectivity index (χ2v) is 4.64. The summed E-state index contributed by atoms with van der Waals surface area (Å²) >= 11 is 1.95. The normalized spacial score (nSPS) is 10.1. The van der Waals surface area contributed by atoms with E-state index >= 15 is 0 Å². The number of rotatable bonds is 4. The molecule has 1 aromatic rings. The minimum atomic E-state index is -0.479. The minimum Gasteiger partial charge on any atom is -0.462 e. The van der Waals surface area contributed by atoms with Gasteiger partial charge in [-0.1, -0.05) is 6.04 Å². The molecule has 0 amide bonds. The van der Waals surface area contributed by atoms with Gasteiger partial charge in [-0.15, -0.1) is 0 Å². The van der Waals surface area contributed by atoms with Crippen LogP contribution in [0.1, 0.15) is 16.8 Å². The Labute approximate surface area is 105 Å². The molecule has 0 bridgehead atoms. The van der Waals surface area contributed by atoms with Gasteiger partial charge in [0.25, 0.3) is 0 Å². The molecule has 15 heavy (non-hydrogen) atoms. The SMILES string of the molecule is O=C(OCCC[Si])c1cc(F)cc(I)c1. The maximum atomic E-state index is 13.0. The molecule has 0 aliphatic rings. The van der Waals surface area contributed by atoms with Crippen molar-refractivity contribution in [2.24, 2.45) is 0 Å². The highest BCUT2D eigenvalue weighted by Crippen LogP contribution is 2.12. The van der Waals surface area contributed by atoms with Gasteiger partial charge < -0.3 is 4.74 Å². The monoisotopic (exact) mass is 335 g/mol. The number of carbonyl (C=O) groups is 1. The van der Waals surface area contributed by atoms with E-state index in [1.807, 2.05) is 22.6 Å². The molecule has 0 saturated carbocycles. The van der Waals surface area contributed by atoms with Crippen LogP contribution in [0.25, 0.3) is 0 Å². The summed E-state index contributed by atoms with van der Waals surface area (Å²) in [7, 11) is 3.27. The van der Waals surface area contributed by atoms with E-state index in [0.29, 0.717) is 10.2 Å². The van der Waals surface area contributed by atoms with Crippen molar-refractivity contribution in [3.8, 4) is 0 Å². The van der Waals surface area contributed by atoms with Crippen LogP contribution < -0.4 is 0 Å². The van der Waals surface area contributed by atoms with Crippen LogP contribution in [0.15, 0.2) is 18.2 Å². The lowest BCUT2D eigenvalue weighted by atomic mass is 10.2. The molecule has 0 aliphatic carbocycles. The average molecular weight is 335 g/mol. The lowest BCUT2D eigenvalue weighted by molar-refractivity contribution is 0.0504. The highest BCUT2D eigenvalue weighted by atomic mass is 127. The first-order chi connectivity index (χ1) is 7.13. The predicted octanol–water partition coefficient (Wildman–Crippen LogP) is 2.56. The van der Waals surface area contributed by atoms with Crippen molar-refractivity contribution >= 4 is 38.8 Å². The highest BCUT2D eigenvalue weighted by Gasteiger charge is 2.09. The molecular weight excluding hydrogens is 326 g/mol. The van der Waals surface area contributed by atoms with E-state index in [4.69, 9.17) is 4.74 Å². The van der Waals surface area contributed by atoms with E-state index in [1.54, 1.807) is 6.07 Å². The second-order valence-electron chi connectivity index (χ2n) is 2.90. The average Bonchev–Trinajstić information content (AvgIpc) is 2.16. The first-order valence-electron chi connectivity index (χ1n) is 4.41. The summed E-state index contributed by atoms with van der Waals surface area (Å²) in [6.45, 7) is 0.343. The first-order valence-corrected chi connectivity index (χ1v) is 6.20. The molecule has 3 radical (unpaired) electrons. The first kappa shape index (κ1) is 12.6. The summed E-state index contributed by atoms with van der Waals surface area (Å²) in [6, 6.07) is 4.90. The molecule has 1 rings (SSSR count). The van der Waals surface area contributed by atoms with Gasteiger partial charge in [-0.25, -0.2) is 9.18 Å². The van der Waals surface area contributed by atoms with Crippen molar-refractivity contribution in [3.05, 3.63) is 33.1 Å². The summed E-state index contributed by atoms with van der Waals surface area (Å²) in [4.78, 5) is 11.4. The van der Waals surface area contributed by atoms with E-state index in [-0.39, 0.29) is 5.56 Å². The second kappa shape index (κ2) is 6.22. The quantitative estimate of drug-likeness (QED) is 0.366. The molecule has 0 fully saturated rings. The number of benzene rings is 1. The largest absolute Gasteiger partial charge is 0.462 e. The zero-order valence-electron chi connectivity index (χ0n) is 7.93. The fourth-order valence-corrected chi connectivity index (χ4v) is 1.77. The van der Waals surface area contributed by atoms with Gasteiger partial charge in [0.15, 0.2) is 0 Å². The molecule has 0 N–H and O–H groups in total. The van der Waals surface area contributed by atoms with Crippen LogP contribution in [-0.2, 0) is 4.74 Å². The van der Waals surface area contributed by atoms with Gasteiger partial charge >= 0.3 is 5.97 Å². The molecule has 0 aliphatic heterocycles. The number of hydrogen-bond donors (Lipinski definition) is 0. The zero-order valence-corrected chi connectivity index (χ0v) is 11.1. The lowest BCUT2D eigenvalue weighted by Gasteiger charge is -2.04. The van der Waals surface area contributed by atoms with Gasteiger partial charge in [0, 0.05) is 13.8 Å². The van der Waals surface area contributed by atoms with Gasteiger partial charge in [-0.3, -0.25) is 0 Å². The van der Waals surface area contributed by atoms with Crippen molar-refractivity contribution in [3.63, 3.8) is 0 Å². The summed E-state index contributed by atoms with van der Waals surface area (Å²) < 4.78 is 18.6. The van der Waals surface area contributed by atoms with Crippen LogP contribution in [0, 0.1) is 9.39 Å². The number of carbonyl (C=O) groups excluding carboxylic acids is 1. The summed E-state index contributed by atoms with van der Waals surface area (Å²) in [5.74, 6) is -0.901. The molecule has 5 heteroatoms. The number of ether oxygens (including phenoxy) is 1. The van der Waals surface area contributed by atoms with E-state index in [0.717, 1.165) is 12.5 Å². The number of esters is 1. The third kappa shape index (κ3) is 4.29. The standard InChI is InChI=1S/C10H9FIO2Si/c11-8-4-7(5-9(12)6-8)10(13)14-2-1-3-15/h4-6H,1-3H2. The van der Waals surface area contributed by atoms with Gasteiger partial charge in [-0.05, 0) is 47.2 Å². The summed E-state index contributed by atoms with van der Waals surface area (Å²) in [5.41, 5.74) is 0.258. The Balaban J connectivity index is 2.65. The van der Waals surface area contributed by atoms with Crippen LogP contribution in [0.2, 0.25) is 6.04 Å². The molecule has 0 heterocycles. The highest BCUT2D eigenvalue weighted by molar-refractivity contribution is 14.1. The van der Waals surface area contributed by atoms with Gasteiger partial charge in [0.05, 0.1) is 12.2 Å². The van der Waals surface area contributed by atoms with E-state index in [1.165, 1.54) is 12.1 Å². The molecule has 0 atom stereocenters. The fraction of sp³-hybridized carbons (Fsp3) is 0.300. The van der Waals surface area contributed by atoms with Crippen LogP contribution in [0.3, 0.4) is 0 Å². The molecule has 0 saturated heterocycles. The van der Waals surface area contributed by atoms with Crippen LogP contribution in [0.4, 0.5) is 4.39 Å². The Morgan fingerprint density at radius 3 is 2.80 bits per heavy atom. The predicted molar refractivity (Wildman–Crippen MR) is 64.6 cm³/mol. The molecule has 0 spiro atoms. The van der Waals surface area contributed by atoms with E-state index in [2.05, 4.69) is 10.2 Å². The molecule has 79 valence electrons. The molecular formula is C10H9FIO2Si. The summed E-state index contributed by atoms with van der Waals surface area (Å²) in [5, 5.41) is 0. The number of hydrogen-bond acceptors (Lipinski definition) is 2. The minimum absolute atomic E-state index is 0.258. The van der Waals surface area contributed by atoms with E-state index in [9.17, 15) is 9.18 Å². The Kier molecular flexibility index (Phi) is 5.24. The van der Waals surface area contributed by atoms with Crippen molar-refractivity contribution in [2.45, 2.75) is 12.5 Å². The Hall–Kier alpha value is -0.433. The molecule has 1 aromatic carbocycles. The lowest BCUT2D eigenvalue weighted by Crippen LogP contribution is -2.07. The van der Waals surface area contributed by atoms with Crippen molar-refractivity contribution in [1.29, 1.82) is 0 Å².